The van der Waals surface area contributed by atoms with E-state index >= 15 is 0 Å². The van der Waals surface area contributed by atoms with Crippen LogP contribution < -0.4 is 9.64 Å². The zero-order valence-electron chi connectivity index (χ0n) is 9.67. The molecule has 0 saturated carbocycles. The summed E-state index contributed by atoms with van der Waals surface area (Å²) < 4.78 is 5.06. The van der Waals surface area contributed by atoms with Crippen molar-refractivity contribution in [1.82, 2.24) is 9.88 Å². The molecule has 1 fully saturated rings. The van der Waals surface area contributed by atoms with Crippen LogP contribution in [-0.2, 0) is 0 Å². The van der Waals surface area contributed by atoms with Gasteiger partial charge in [0.1, 0.15) is 5.82 Å². The Hall–Kier alpha value is -1.98. The minimum absolute atomic E-state index is 0.508. The zero-order chi connectivity index (χ0) is 12.3. The van der Waals surface area contributed by atoms with Crippen molar-refractivity contribution < 1.29 is 14.6 Å². The first kappa shape index (κ1) is 11.5. The number of ether oxygens (including phenoxy) is 1. The molecule has 1 amide bonds. The highest BCUT2D eigenvalue weighted by Gasteiger charge is 2.21. The van der Waals surface area contributed by atoms with Crippen molar-refractivity contribution in [3.8, 4) is 5.88 Å². The van der Waals surface area contributed by atoms with E-state index in [1.807, 2.05) is 12.1 Å². The number of nitrogens with zero attached hydrogens (tertiary/aromatic N) is 3. The van der Waals surface area contributed by atoms with Crippen LogP contribution in [0.4, 0.5) is 10.6 Å². The Morgan fingerprint density at radius 2 is 2.06 bits per heavy atom. The molecule has 0 spiro atoms. The molecular weight excluding hydrogens is 222 g/mol. The van der Waals surface area contributed by atoms with Crippen LogP contribution >= 0.6 is 0 Å². The van der Waals surface area contributed by atoms with Crippen molar-refractivity contribution in [1.29, 1.82) is 0 Å². The maximum absolute atomic E-state index is 10.8. The second kappa shape index (κ2) is 4.90. The number of amides is 1. The average Bonchev–Trinajstić information content (AvgIpc) is 2.39. The third-order valence-electron chi connectivity index (χ3n) is 2.79. The van der Waals surface area contributed by atoms with Crippen LogP contribution in [-0.4, -0.2) is 54.4 Å². The molecule has 0 aromatic carbocycles. The monoisotopic (exact) mass is 237 g/mol. The first-order chi connectivity index (χ1) is 8.20. The minimum atomic E-state index is -0.858. The Bertz CT molecular complexity index is 403. The normalized spacial score (nSPS) is 15.8. The van der Waals surface area contributed by atoms with Crippen molar-refractivity contribution >= 4 is 11.9 Å². The summed E-state index contributed by atoms with van der Waals surface area (Å²) in [6.45, 7) is 2.33. The molecule has 0 atom stereocenters. The van der Waals surface area contributed by atoms with Gasteiger partial charge in [-0.2, -0.15) is 4.98 Å². The van der Waals surface area contributed by atoms with Crippen molar-refractivity contribution in [2.75, 3.05) is 38.2 Å². The second-order valence-corrected chi connectivity index (χ2v) is 3.79. The van der Waals surface area contributed by atoms with Crippen molar-refractivity contribution in [3.63, 3.8) is 0 Å². The molecule has 1 aromatic rings. The molecule has 1 N–H and O–H groups in total. The Balaban J connectivity index is 2.02. The van der Waals surface area contributed by atoms with Crippen LogP contribution in [0.15, 0.2) is 18.2 Å². The summed E-state index contributed by atoms with van der Waals surface area (Å²) in [7, 11) is 1.58. The van der Waals surface area contributed by atoms with Gasteiger partial charge in [0, 0.05) is 32.2 Å². The van der Waals surface area contributed by atoms with Gasteiger partial charge in [-0.25, -0.2) is 4.79 Å². The predicted molar refractivity (Wildman–Crippen MR) is 62.6 cm³/mol. The van der Waals surface area contributed by atoms with E-state index in [4.69, 9.17) is 9.84 Å². The number of methoxy groups -OCH3 is 1. The highest BCUT2D eigenvalue weighted by Crippen LogP contribution is 2.17. The lowest BCUT2D eigenvalue weighted by Crippen LogP contribution is -2.48. The van der Waals surface area contributed by atoms with E-state index in [1.165, 1.54) is 4.90 Å². The van der Waals surface area contributed by atoms with Gasteiger partial charge in [0.15, 0.2) is 0 Å². The van der Waals surface area contributed by atoms with Gasteiger partial charge in [0.05, 0.1) is 7.11 Å². The van der Waals surface area contributed by atoms with Gasteiger partial charge >= 0.3 is 6.09 Å². The first-order valence-corrected chi connectivity index (χ1v) is 5.44. The molecular formula is C11H15N3O3. The fraction of sp³-hybridized carbons (Fsp3) is 0.455. The maximum atomic E-state index is 10.8. The van der Waals surface area contributed by atoms with Crippen LogP contribution in [0.2, 0.25) is 0 Å². The maximum Gasteiger partial charge on any atom is 0.407 e. The summed E-state index contributed by atoms with van der Waals surface area (Å²) in [5.74, 6) is 1.40. The molecule has 1 aromatic heterocycles. The molecule has 2 rings (SSSR count). The Kier molecular flexibility index (Phi) is 3.32. The number of piperazine rings is 1. The van der Waals surface area contributed by atoms with E-state index in [0.29, 0.717) is 32.1 Å². The molecule has 1 saturated heterocycles. The molecule has 0 unspecified atom stereocenters. The quantitative estimate of drug-likeness (QED) is 0.827. The van der Waals surface area contributed by atoms with E-state index in [0.717, 1.165) is 5.82 Å². The molecule has 1 aliphatic heterocycles. The molecule has 6 nitrogen and oxygen atoms in total. The van der Waals surface area contributed by atoms with Crippen LogP contribution in [0.3, 0.4) is 0 Å². The van der Waals surface area contributed by atoms with Gasteiger partial charge in [-0.15, -0.1) is 0 Å². The Morgan fingerprint density at radius 3 is 2.65 bits per heavy atom. The molecule has 92 valence electrons. The average molecular weight is 237 g/mol. The SMILES string of the molecule is COc1cccc(N2CCN(C(=O)O)CC2)n1. The fourth-order valence-corrected chi connectivity index (χ4v) is 1.82. The van der Waals surface area contributed by atoms with E-state index in [2.05, 4.69) is 9.88 Å². The van der Waals surface area contributed by atoms with E-state index < -0.39 is 6.09 Å². The Morgan fingerprint density at radius 1 is 1.35 bits per heavy atom. The zero-order valence-corrected chi connectivity index (χ0v) is 9.67. The third kappa shape index (κ3) is 2.58. The van der Waals surface area contributed by atoms with Gasteiger partial charge in [-0.1, -0.05) is 6.07 Å². The lowest BCUT2D eigenvalue weighted by atomic mass is 10.3. The number of carbonyl (C=O) groups is 1. The number of rotatable bonds is 2. The minimum Gasteiger partial charge on any atom is -0.481 e. The summed E-state index contributed by atoms with van der Waals surface area (Å²) in [4.78, 5) is 18.6. The summed E-state index contributed by atoms with van der Waals surface area (Å²) in [5.41, 5.74) is 0. The molecule has 0 bridgehead atoms. The second-order valence-electron chi connectivity index (χ2n) is 3.79. The number of hydrogen-bond acceptors (Lipinski definition) is 4. The fourth-order valence-electron chi connectivity index (χ4n) is 1.82. The first-order valence-electron chi connectivity index (χ1n) is 5.44. The Labute approximate surface area is 99.4 Å². The van der Waals surface area contributed by atoms with Crippen molar-refractivity contribution in [2.45, 2.75) is 0 Å². The molecule has 17 heavy (non-hydrogen) atoms. The van der Waals surface area contributed by atoms with Gasteiger partial charge in [-0.05, 0) is 6.07 Å². The molecule has 2 heterocycles. The van der Waals surface area contributed by atoms with E-state index in [-0.39, 0.29) is 0 Å². The summed E-state index contributed by atoms with van der Waals surface area (Å²) in [6.07, 6.45) is -0.858. The predicted octanol–water partition coefficient (Wildman–Crippen LogP) is 0.890. The third-order valence-corrected chi connectivity index (χ3v) is 2.79. The smallest absolute Gasteiger partial charge is 0.407 e. The molecule has 0 aliphatic carbocycles. The van der Waals surface area contributed by atoms with Gasteiger partial charge in [-0.3, -0.25) is 0 Å². The standard InChI is InChI=1S/C11H15N3O3/c1-17-10-4-2-3-9(12-10)13-5-7-14(8-6-13)11(15)16/h2-4H,5-8H2,1H3,(H,15,16). The van der Waals surface area contributed by atoms with Gasteiger partial charge < -0.3 is 19.6 Å². The molecule has 1 aliphatic rings. The highest BCUT2D eigenvalue weighted by atomic mass is 16.5. The van der Waals surface area contributed by atoms with Gasteiger partial charge in [0.25, 0.3) is 0 Å². The topological polar surface area (TPSA) is 65.9 Å². The number of aromatic nitrogens is 1. The van der Waals surface area contributed by atoms with Crippen LogP contribution in [0.5, 0.6) is 5.88 Å². The molecule has 6 heteroatoms. The lowest BCUT2D eigenvalue weighted by molar-refractivity contribution is 0.142. The van der Waals surface area contributed by atoms with E-state index in [9.17, 15) is 4.79 Å². The number of anilines is 1. The summed E-state index contributed by atoms with van der Waals surface area (Å²) in [5, 5.41) is 8.85. The highest BCUT2D eigenvalue weighted by molar-refractivity contribution is 5.65. The van der Waals surface area contributed by atoms with Crippen molar-refractivity contribution in [2.24, 2.45) is 0 Å². The van der Waals surface area contributed by atoms with Crippen LogP contribution in [0.1, 0.15) is 0 Å². The lowest BCUT2D eigenvalue weighted by Gasteiger charge is -2.33. The van der Waals surface area contributed by atoms with Gasteiger partial charge in [0.2, 0.25) is 5.88 Å². The number of pyridine rings is 1. The van der Waals surface area contributed by atoms with E-state index in [1.54, 1.807) is 13.2 Å². The number of hydrogen-bond donors (Lipinski definition) is 1. The van der Waals surface area contributed by atoms with Crippen LogP contribution in [0, 0.1) is 0 Å². The molecule has 0 radical (unpaired) electrons. The summed E-state index contributed by atoms with van der Waals surface area (Å²) >= 11 is 0. The largest absolute Gasteiger partial charge is 0.481 e. The van der Waals surface area contributed by atoms with Crippen LogP contribution in [0.25, 0.3) is 0 Å². The van der Waals surface area contributed by atoms with Crippen molar-refractivity contribution in [3.05, 3.63) is 18.2 Å². The number of carboxylic acid groups (broad SMARTS) is 1. The summed E-state index contributed by atoms with van der Waals surface area (Å²) in [6, 6.07) is 5.57.